The number of nitro groups is 1. The number of non-ortho nitro benzene ring substituents is 1. The fourth-order valence-electron chi connectivity index (χ4n) is 3.42. The third-order valence-corrected chi connectivity index (χ3v) is 6.27. The van der Waals surface area contributed by atoms with Crippen LogP contribution in [0.2, 0.25) is 5.02 Å². The number of thiazole rings is 1. The molecular formula is C22H20ClN5O3S. The molecule has 0 atom stereocenters. The Labute approximate surface area is 193 Å². The van der Waals surface area contributed by atoms with Crippen molar-refractivity contribution in [3.05, 3.63) is 81.4 Å². The molecule has 0 aliphatic heterocycles. The maximum Gasteiger partial charge on any atom is 0.269 e. The van der Waals surface area contributed by atoms with Crippen LogP contribution in [0.5, 0.6) is 0 Å². The van der Waals surface area contributed by atoms with E-state index in [0.717, 1.165) is 28.7 Å². The van der Waals surface area contributed by atoms with Crippen molar-refractivity contribution in [1.82, 2.24) is 14.5 Å². The number of anilines is 1. The van der Waals surface area contributed by atoms with Crippen molar-refractivity contribution in [2.24, 2.45) is 0 Å². The predicted octanol–water partition coefficient (Wildman–Crippen LogP) is 5.03. The van der Waals surface area contributed by atoms with Crippen molar-refractivity contribution >= 4 is 49.9 Å². The van der Waals surface area contributed by atoms with Crippen LogP contribution in [0, 0.1) is 17.0 Å². The molecule has 0 radical (unpaired) electrons. The lowest BCUT2D eigenvalue weighted by atomic mass is 10.1. The summed E-state index contributed by atoms with van der Waals surface area (Å²) in [7, 11) is 0. The van der Waals surface area contributed by atoms with Crippen molar-refractivity contribution < 1.29 is 9.72 Å². The first-order chi connectivity index (χ1) is 15.4. The van der Waals surface area contributed by atoms with E-state index in [1.807, 2.05) is 29.8 Å². The summed E-state index contributed by atoms with van der Waals surface area (Å²) < 4.78 is 2.88. The number of benzene rings is 2. The number of rotatable bonds is 8. The van der Waals surface area contributed by atoms with Gasteiger partial charge in [-0.2, -0.15) is 0 Å². The van der Waals surface area contributed by atoms with Crippen LogP contribution in [0.25, 0.3) is 10.2 Å². The Morgan fingerprint density at radius 3 is 2.75 bits per heavy atom. The highest BCUT2D eigenvalue weighted by molar-refractivity contribution is 7.22. The lowest BCUT2D eigenvalue weighted by Crippen LogP contribution is -2.33. The number of hydrogen-bond donors (Lipinski definition) is 0. The second-order valence-corrected chi connectivity index (χ2v) is 8.81. The van der Waals surface area contributed by atoms with Gasteiger partial charge >= 0.3 is 0 Å². The summed E-state index contributed by atoms with van der Waals surface area (Å²) in [4.78, 5) is 34.2. The highest BCUT2D eigenvalue weighted by Crippen LogP contribution is 2.33. The van der Waals surface area contributed by atoms with Gasteiger partial charge < -0.3 is 4.57 Å². The highest BCUT2D eigenvalue weighted by atomic mass is 35.5. The minimum absolute atomic E-state index is 0.00286. The summed E-state index contributed by atoms with van der Waals surface area (Å²) >= 11 is 7.63. The van der Waals surface area contributed by atoms with E-state index in [1.54, 1.807) is 29.6 Å². The molecule has 0 aliphatic carbocycles. The van der Waals surface area contributed by atoms with Crippen molar-refractivity contribution in [2.75, 3.05) is 11.4 Å². The average Bonchev–Trinajstić information content (AvgIpc) is 3.41. The first-order valence-electron chi connectivity index (χ1n) is 9.97. The zero-order valence-corrected chi connectivity index (χ0v) is 18.8. The van der Waals surface area contributed by atoms with Crippen LogP contribution in [-0.4, -0.2) is 31.9 Å². The van der Waals surface area contributed by atoms with Crippen molar-refractivity contribution in [1.29, 1.82) is 0 Å². The van der Waals surface area contributed by atoms with Crippen molar-refractivity contribution in [2.45, 2.75) is 26.3 Å². The number of nitrogens with zero attached hydrogens (tertiary/aromatic N) is 5. The monoisotopic (exact) mass is 469 g/mol. The Morgan fingerprint density at radius 1 is 1.28 bits per heavy atom. The van der Waals surface area contributed by atoms with Crippen LogP contribution in [0.3, 0.4) is 0 Å². The number of imidazole rings is 1. The number of hydrogen-bond acceptors (Lipinski definition) is 6. The van der Waals surface area contributed by atoms with Gasteiger partial charge in [-0.25, -0.2) is 9.97 Å². The Hall–Kier alpha value is -3.30. The molecule has 10 heteroatoms. The molecule has 0 aliphatic rings. The molecule has 0 saturated heterocycles. The van der Waals surface area contributed by atoms with E-state index >= 15 is 0 Å². The fourth-order valence-corrected chi connectivity index (χ4v) is 4.88. The molecule has 32 heavy (non-hydrogen) atoms. The topological polar surface area (TPSA) is 94.2 Å². The summed E-state index contributed by atoms with van der Waals surface area (Å²) in [6.45, 7) is 3.15. The molecule has 8 nitrogen and oxygen atoms in total. The third-order valence-electron chi connectivity index (χ3n) is 5.03. The molecule has 2 aromatic heterocycles. The number of halogens is 1. The molecule has 0 fully saturated rings. The lowest BCUT2D eigenvalue weighted by molar-refractivity contribution is -0.384. The van der Waals surface area contributed by atoms with Gasteiger partial charge in [0.15, 0.2) is 5.13 Å². The number of aromatic nitrogens is 3. The predicted molar refractivity (Wildman–Crippen MR) is 125 cm³/mol. The standard InChI is InChI=1S/C22H20ClN5O3S/c1-15-11-17(23)13-19-21(15)25-22(32-19)27(9-2-8-26-10-7-24-14-26)20(29)12-16-3-5-18(6-4-16)28(30)31/h3-7,10-11,13-14H,2,8-9,12H2,1H3. The summed E-state index contributed by atoms with van der Waals surface area (Å²) in [6, 6.07) is 9.76. The molecule has 2 heterocycles. The quantitative estimate of drug-likeness (QED) is 0.266. The Bertz CT molecular complexity index is 1250. The largest absolute Gasteiger partial charge is 0.337 e. The normalized spacial score (nSPS) is 11.1. The molecule has 4 aromatic rings. The lowest BCUT2D eigenvalue weighted by Gasteiger charge is -2.20. The number of carbonyl (C=O) groups excluding carboxylic acids is 1. The van der Waals surface area contributed by atoms with Crippen molar-refractivity contribution in [3.63, 3.8) is 0 Å². The summed E-state index contributed by atoms with van der Waals surface area (Å²) in [5.41, 5.74) is 2.49. The zero-order valence-electron chi connectivity index (χ0n) is 17.3. The first kappa shape index (κ1) is 21.9. The van der Waals surface area contributed by atoms with Gasteiger partial charge in [-0.3, -0.25) is 19.8 Å². The molecule has 1 amide bonds. The molecule has 0 saturated carbocycles. The van der Waals surface area contributed by atoms with Crippen LogP contribution in [0.1, 0.15) is 17.5 Å². The maximum absolute atomic E-state index is 13.3. The Kier molecular flexibility index (Phi) is 6.48. The van der Waals surface area contributed by atoms with E-state index in [1.165, 1.54) is 23.5 Å². The van der Waals surface area contributed by atoms with E-state index in [2.05, 4.69) is 4.98 Å². The maximum atomic E-state index is 13.3. The van der Waals surface area contributed by atoms with Crippen LogP contribution >= 0.6 is 22.9 Å². The van der Waals surface area contributed by atoms with Gasteiger partial charge in [0, 0.05) is 42.6 Å². The number of amides is 1. The van der Waals surface area contributed by atoms with E-state index in [9.17, 15) is 14.9 Å². The molecule has 4 rings (SSSR count). The van der Waals surface area contributed by atoms with Crippen LogP contribution < -0.4 is 4.90 Å². The number of nitro benzene ring substituents is 1. The van der Waals surface area contributed by atoms with E-state index in [4.69, 9.17) is 16.6 Å². The fraction of sp³-hybridized carbons (Fsp3) is 0.227. The zero-order chi connectivity index (χ0) is 22.7. The molecule has 0 unspecified atom stereocenters. The van der Waals surface area contributed by atoms with Gasteiger partial charge in [0.2, 0.25) is 5.91 Å². The molecular weight excluding hydrogens is 450 g/mol. The van der Waals surface area contributed by atoms with Crippen LogP contribution in [0.4, 0.5) is 10.8 Å². The third kappa shape index (κ3) is 4.95. The van der Waals surface area contributed by atoms with Gasteiger partial charge in [0.25, 0.3) is 5.69 Å². The molecule has 0 N–H and O–H groups in total. The molecule has 0 bridgehead atoms. The second-order valence-electron chi connectivity index (χ2n) is 7.37. The minimum Gasteiger partial charge on any atom is -0.337 e. The van der Waals surface area contributed by atoms with Crippen LogP contribution in [0.15, 0.2) is 55.1 Å². The van der Waals surface area contributed by atoms with E-state index < -0.39 is 4.92 Å². The van der Waals surface area contributed by atoms with Gasteiger partial charge in [0.05, 0.1) is 27.9 Å². The number of fused-ring (bicyclic) bond motifs is 1. The van der Waals surface area contributed by atoms with Gasteiger partial charge in [-0.05, 0) is 36.6 Å². The number of aryl methyl sites for hydroxylation is 2. The summed E-state index contributed by atoms with van der Waals surface area (Å²) in [6.07, 6.45) is 6.19. The minimum atomic E-state index is -0.456. The van der Waals surface area contributed by atoms with E-state index in [0.29, 0.717) is 22.3 Å². The number of carbonyl (C=O) groups is 1. The second kappa shape index (κ2) is 9.46. The molecule has 2 aromatic carbocycles. The van der Waals surface area contributed by atoms with E-state index in [-0.39, 0.29) is 18.0 Å². The average molecular weight is 470 g/mol. The molecule has 164 valence electrons. The Morgan fingerprint density at radius 2 is 2.06 bits per heavy atom. The SMILES string of the molecule is Cc1cc(Cl)cc2sc(N(CCCn3ccnc3)C(=O)Cc3ccc([N+](=O)[O-])cc3)nc12. The highest BCUT2D eigenvalue weighted by Gasteiger charge is 2.21. The smallest absolute Gasteiger partial charge is 0.269 e. The van der Waals surface area contributed by atoms with Gasteiger partial charge in [-0.15, -0.1) is 0 Å². The molecule has 0 spiro atoms. The van der Waals surface area contributed by atoms with Crippen molar-refractivity contribution in [3.8, 4) is 0 Å². The summed E-state index contributed by atoms with van der Waals surface area (Å²) in [5.74, 6) is -0.118. The van der Waals surface area contributed by atoms with Gasteiger partial charge in [-0.1, -0.05) is 35.1 Å². The Balaban J connectivity index is 1.58. The van der Waals surface area contributed by atoms with Crippen LogP contribution in [-0.2, 0) is 17.8 Å². The van der Waals surface area contributed by atoms with Gasteiger partial charge in [0.1, 0.15) is 0 Å². The first-order valence-corrected chi connectivity index (χ1v) is 11.2. The summed E-state index contributed by atoms with van der Waals surface area (Å²) in [5, 5.41) is 12.1.